The lowest BCUT2D eigenvalue weighted by molar-refractivity contribution is -0.119. The van der Waals surface area contributed by atoms with Crippen LogP contribution in [0.15, 0.2) is 42.5 Å². The minimum absolute atomic E-state index is 0.146. The molecule has 0 saturated heterocycles. The molecule has 1 aliphatic heterocycles. The topological polar surface area (TPSA) is 89.3 Å². The molecule has 0 atom stereocenters. The van der Waals surface area contributed by atoms with E-state index in [1.807, 2.05) is 0 Å². The van der Waals surface area contributed by atoms with Gasteiger partial charge in [0.1, 0.15) is 0 Å². The van der Waals surface area contributed by atoms with Crippen LogP contribution in [-0.2, 0) is 11.2 Å². The van der Waals surface area contributed by atoms with Crippen LogP contribution in [0, 0.1) is 0 Å². The third-order valence-corrected chi connectivity index (χ3v) is 3.46. The predicted molar refractivity (Wildman–Crippen MR) is 76.6 cm³/mol. The lowest BCUT2D eigenvalue weighted by atomic mass is 9.89. The molecule has 2 aromatic carbocycles. The van der Waals surface area contributed by atoms with Gasteiger partial charge in [-0.3, -0.25) is 19.7 Å². The number of benzene rings is 2. The van der Waals surface area contributed by atoms with Crippen LogP contribution in [-0.4, -0.2) is 17.7 Å². The summed E-state index contributed by atoms with van der Waals surface area (Å²) in [5.74, 6) is -1.33. The standard InChI is InChI=1S/C16H12N2O3/c17-15(20)12-6-2-1-5-10(12)11-7-3-4-9-8-13(19)18-16(21)14(9)11/h1-7H,8H2,(H2,17,20)(H,18,19,21). The maximum absolute atomic E-state index is 12.1. The third kappa shape index (κ3) is 2.18. The van der Waals surface area contributed by atoms with Crippen molar-refractivity contribution < 1.29 is 14.4 Å². The van der Waals surface area contributed by atoms with Crippen LogP contribution >= 0.6 is 0 Å². The number of nitrogens with two attached hydrogens (primary N) is 1. The fourth-order valence-corrected chi connectivity index (χ4v) is 2.58. The molecule has 0 saturated carbocycles. The number of amides is 3. The summed E-state index contributed by atoms with van der Waals surface area (Å²) in [7, 11) is 0. The summed E-state index contributed by atoms with van der Waals surface area (Å²) < 4.78 is 0. The zero-order chi connectivity index (χ0) is 15.0. The molecule has 0 bridgehead atoms. The molecule has 3 amide bonds. The van der Waals surface area contributed by atoms with Gasteiger partial charge in [0.05, 0.1) is 12.0 Å². The number of primary amides is 1. The zero-order valence-electron chi connectivity index (χ0n) is 11.1. The number of nitrogens with one attached hydrogen (secondary N) is 1. The first-order chi connectivity index (χ1) is 10.1. The van der Waals surface area contributed by atoms with Gasteiger partial charge in [0.15, 0.2) is 0 Å². The van der Waals surface area contributed by atoms with E-state index in [9.17, 15) is 14.4 Å². The Morgan fingerprint density at radius 1 is 1.00 bits per heavy atom. The Kier molecular flexibility index (Phi) is 3.02. The van der Waals surface area contributed by atoms with E-state index in [0.717, 1.165) is 0 Å². The van der Waals surface area contributed by atoms with Crippen molar-refractivity contribution in [2.24, 2.45) is 5.73 Å². The van der Waals surface area contributed by atoms with E-state index in [4.69, 9.17) is 5.73 Å². The minimum Gasteiger partial charge on any atom is -0.366 e. The molecule has 0 spiro atoms. The summed E-state index contributed by atoms with van der Waals surface area (Å²) in [6, 6.07) is 12.1. The summed E-state index contributed by atoms with van der Waals surface area (Å²) in [6.45, 7) is 0. The molecule has 5 nitrogen and oxygen atoms in total. The molecule has 1 heterocycles. The van der Waals surface area contributed by atoms with Crippen molar-refractivity contribution in [2.45, 2.75) is 6.42 Å². The molecule has 3 N–H and O–H groups in total. The number of rotatable bonds is 2. The Bertz CT molecular complexity index is 781. The van der Waals surface area contributed by atoms with E-state index < -0.39 is 11.8 Å². The molecule has 5 heteroatoms. The van der Waals surface area contributed by atoms with Crippen molar-refractivity contribution in [3.63, 3.8) is 0 Å². The second-order valence-corrected chi connectivity index (χ2v) is 4.80. The van der Waals surface area contributed by atoms with Crippen LogP contribution in [0.25, 0.3) is 11.1 Å². The average molecular weight is 280 g/mol. The SMILES string of the molecule is NC(=O)c1ccccc1-c1cccc2c1C(=O)NC(=O)C2. The second-order valence-electron chi connectivity index (χ2n) is 4.80. The lowest BCUT2D eigenvalue weighted by Gasteiger charge is -2.19. The molecular formula is C16H12N2O3. The quantitative estimate of drug-likeness (QED) is 0.812. The van der Waals surface area contributed by atoms with E-state index in [1.165, 1.54) is 0 Å². The van der Waals surface area contributed by atoms with Crippen LogP contribution in [0.4, 0.5) is 0 Å². The van der Waals surface area contributed by atoms with Gasteiger partial charge in [-0.15, -0.1) is 0 Å². The highest BCUT2D eigenvalue weighted by Crippen LogP contribution is 2.30. The van der Waals surface area contributed by atoms with Gasteiger partial charge in [-0.05, 0) is 22.8 Å². The zero-order valence-corrected chi connectivity index (χ0v) is 11.1. The number of carbonyl (C=O) groups excluding carboxylic acids is 3. The Hall–Kier alpha value is -2.95. The largest absolute Gasteiger partial charge is 0.366 e. The van der Waals surface area contributed by atoms with Crippen molar-refractivity contribution in [3.05, 3.63) is 59.2 Å². The van der Waals surface area contributed by atoms with Gasteiger partial charge in [0.25, 0.3) is 5.91 Å². The minimum atomic E-state index is -0.560. The summed E-state index contributed by atoms with van der Waals surface area (Å²) in [4.78, 5) is 35.1. The molecular weight excluding hydrogens is 268 g/mol. The van der Waals surface area contributed by atoms with Gasteiger partial charge >= 0.3 is 0 Å². The number of hydrogen-bond donors (Lipinski definition) is 2. The fraction of sp³-hybridized carbons (Fsp3) is 0.0625. The van der Waals surface area contributed by atoms with Gasteiger partial charge in [0, 0.05) is 5.56 Å². The molecule has 0 aliphatic carbocycles. The summed E-state index contributed by atoms with van der Waals surface area (Å²) >= 11 is 0. The monoisotopic (exact) mass is 280 g/mol. The molecule has 0 aromatic heterocycles. The lowest BCUT2D eigenvalue weighted by Crippen LogP contribution is -2.37. The van der Waals surface area contributed by atoms with Crippen molar-refractivity contribution in [1.29, 1.82) is 0 Å². The van der Waals surface area contributed by atoms with E-state index in [0.29, 0.717) is 27.8 Å². The van der Waals surface area contributed by atoms with Crippen molar-refractivity contribution in [3.8, 4) is 11.1 Å². The first kappa shape index (κ1) is 13.1. The molecule has 104 valence electrons. The van der Waals surface area contributed by atoms with Gasteiger partial charge in [0.2, 0.25) is 11.8 Å². The summed E-state index contributed by atoms with van der Waals surface area (Å²) in [6.07, 6.45) is 0.146. The van der Waals surface area contributed by atoms with E-state index in [2.05, 4.69) is 5.32 Å². The van der Waals surface area contributed by atoms with Gasteiger partial charge in [-0.2, -0.15) is 0 Å². The van der Waals surface area contributed by atoms with Crippen molar-refractivity contribution >= 4 is 17.7 Å². The molecule has 2 aromatic rings. The normalized spacial score (nSPS) is 13.5. The molecule has 21 heavy (non-hydrogen) atoms. The molecule has 0 fully saturated rings. The van der Waals surface area contributed by atoms with Crippen LogP contribution in [0.5, 0.6) is 0 Å². The second kappa shape index (κ2) is 4.86. The highest BCUT2D eigenvalue weighted by molar-refractivity contribution is 6.14. The van der Waals surface area contributed by atoms with Crippen LogP contribution in [0.1, 0.15) is 26.3 Å². The summed E-state index contributed by atoms with van der Waals surface area (Å²) in [5.41, 5.74) is 8.00. The Morgan fingerprint density at radius 2 is 1.71 bits per heavy atom. The van der Waals surface area contributed by atoms with E-state index >= 15 is 0 Å². The molecule has 0 unspecified atom stereocenters. The number of hydrogen-bond acceptors (Lipinski definition) is 3. The van der Waals surface area contributed by atoms with Crippen LogP contribution < -0.4 is 11.1 Å². The summed E-state index contributed by atoms with van der Waals surface area (Å²) in [5, 5.41) is 2.30. The number of imide groups is 1. The Labute approximate surface area is 120 Å². The number of fused-ring (bicyclic) bond motifs is 1. The van der Waals surface area contributed by atoms with E-state index in [1.54, 1.807) is 42.5 Å². The Balaban J connectivity index is 2.26. The maximum Gasteiger partial charge on any atom is 0.258 e. The fourth-order valence-electron chi connectivity index (χ4n) is 2.58. The maximum atomic E-state index is 12.1. The highest BCUT2D eigenvalue weighted by Gasteiger charge is 2.26. The number of carbonyl (C=O) groups is 3. The van der Waals surface area contributed by atoms with Crippen LogP contribution in [0.3, 0.4) is 0 Å². The van der Waals surface area contributed by atoms with E-state index in [-0.39, 0.29) is 12.3 Å². The third-order valence-electron chi connectivity index (χ3n) is 3.46. The van der Waals surface area contributed by atoms with Gasteiger partial charge in [-0.1, -0.05) is 36.4 Å². The molecule has 3 rings (SSSR count). The first-order valence-electron chi connectivity index (χ1n) is 6.43. The van der Waals surface area contributed by atoms with Gasteiger partial charge in [-0.25, -0.2) is 0 Å². The van der Waals surface area contributed by atoms with Gasteiger partial charge < -0.3 is 5.73 Å². The van der Waals surface area contributed by atoms with Crippen molar-refractivity contribution in [1.82, 2.24) is 5.32 Å². The highest BCUT2D eigenvalue weighted by atomic mass is 16.2. The average Bonchev–Trinajstić information content (AvgIpc) is 2.46. The van der Waals surface area contributed by atoms with Crippen molar-refractivity contribution in [2.75, 3.05) is 0 Å². The smallest absolute Gasteiger partial charge is 0.258 e. The Morgan fingerprint density at radius 3 is 2.48 bits per heavy atom. The molecule has 0 radical (unpaired) electrons. The predicted octanol–water partition coefficient (Wildman–Crippen LogP) is 1.27. The molecule has 1 aliphatic rings. The van der Waals surface area contributed by atoms with Crippen LogP contribution in [0.2, 0.25) is 0 Å². The first-order valence-corrected chi connectivity index (χ1v) is 6.43.